The summed E-state index contributed by atoms with van der Waals surface area (Å²) in [6.07, 6.45) is 4.76. The van der Waals surface area contributed by atoms with Crippen LogP contribution >= 0.6 is 0 Å². The van der Waals surface area contributed by atoms with Crippen LogP contribution in [0.4, 0.5) is 0 Å². The lowest BCUT2D eigenvalue weighted by atomic mass is 9.86. The smallest absolute Gasteiger partial charge is 0.221 e. The minimum Gasteiger partial charge on any atom is -0.492 e. The second-order valence-electron chi connectivity index (χ2n) is 6.33. The molecule has 1 aromatic carbocycles. The van der Waals surface area contributed by atoms with Gasteiger partial charge in [0.25, 0.3) is 0 Å². The van der Waals surface area contributed by atoms with Crippen LogP contribution < -0.4 is 10.5 Å². The number of morpholine rings is 1. The Morgan fingerprint density at radius 1 is 1.17 bits per heavy atom. The number of amides is 1. The van der Waals surface area contributed by atoms with Gasteiger partial charge in [-0.3, -0.25) is 9.69 Å². The zero-order valence-electron chi connectivity index (χ0n) is 13.7. The first-order valence-electron chi connectivity index (χ1n) is 8.59. The number of ether oxygens (including phenoxy) is 2. The van der Waals surface area contributed by atoms with Gasteiger partial charge in [0.2, 0.25) is 5.91 Å². The number of carbonyl (C=O) groups is 1. The van der Waals surface area contributed by atoms with Crippen LogP contribution in [0.15, 0.2) is 12.1 Å². The molecule has 5 heteroatoms. The van der Waals surface area contributed by atoms with E-state index in [1.165, 1.54) is 24.0 Å². The fourth-order valence-corrected chi connectivity index (χ4v) is 3.51. The van der Waals surface area contributed by atoms with Crippen molar-refractivity contribution >= 4 is 5.91 Å². The summed E-state index contributed by atoms with van der Waals surface area (Å²) in [5, 5.41) is 0. The van der Waals surface area contributed by atoms with Gasteiger partial charge in [0.1, 0.15) is 12.4 Å². The van der Waals surface area contributed by atoms with E-state index in [2.05, 4.69) is 4.90 Å². The zero-order chi connectivity index (χ0) is 16.1. The van der Waals surface area contributed by atoms with Gasteiger partial charge in [-0.15, -0.1) is 0 Å². The molecule has 1 aliphatic heterocycles. The first-order chi connectivity index (χ1) is 11.2. The highest BCUT2D eigenvalue weighted by Gasteiger charge is 2.19. The van der Waals surface area contributed by atoms with E-state index in [-0.39, 0.29) is 5.91 Å². The maximum Gasteiger partial charge on any atom is 0.221 e. The van der Waals surface area contributed by atoms with Crippen molar-refractivity contribution in [2.45, 2.75) is 32.1 Å². The van der Waals surface area contributed by atoms with Crippen molar-refractivity contribution in [1.29, 1.82) is 0 Å². The molecule has 2 N–H and O–H groups in total. The van der Waals surface area contributed by atoms with E-state index >= 15 is 0 Å². The third-order valence-electron chi connectivity index (χ3n) is 4.72. The third-order valence-corrected chi connectivity index (χ3v) is 4.72. The standard InChI is InChI=1S/C18H26N2O3/c19-18(21)13-14-5-6-17(16-4-2-1-3-15(14)16)23-12-9-20-7-10-22-11-8-20/h5-6H,1-4,7-13H2,(H2,19,21). The summed E-state index contributed by atoms with van der Waals surface area (Å²) in [7, 11) is 0. The molecule has 2 aliphatic rings. The first kappa shape index (κ1) is 16.3. The topological polar surface area (TPSA) is 64.8 Å². The summed E-state index contributed by atoms with van der Waals surface area (Å²) in [5.41, 5.74) is 9.03. The van der Waals surface area contributed by atoms with Crippen molar-refractivity contribution < 1.29 is 14.3 Å². The number of hydrogen-bond donors (Lipinski definition) is 1. The Hall–Kier alpha value is -1.59. The molecule has 0 unspecified atom stereocenters. The predicted octanol–water partition coefficient (Wildman–Crippen LogP) is 1.30. The Balaban J connectivity index is 1.65. The maximum absolute atomic E-state index is 11.3. The molecule has 1 heterocycles. The molecule has 1 aliphatic carbocycles. The van der Waals surface area contributed by atoms with Gasteiger partial charge in [-0.2, -0.15) is 0 Å². The van der Waals surface area contributed by atoms with Crippen LogP contribution in [-0.2, 0) is 28.8 Å². The van der Waals surface area contributed by atoms with E-state index in [9.17, 15) is 4.79 Å². The minimum absolute atomic E-state index is 0.265. The molecule has 23 heavy (non-hydrogen) atoms. The van der Waals surface area contributed by atoms with Crippen molar-refractivity contribution in [3.63, 3.8) is 0 Å². The highest BCUT2D eigenvalue weighted by Crippen LogP contribution is 2.32. The van der Waals surface area contributed by atoms with Crippen molar-refractivity contribution in [1.82, 2.24) is 4.90 Å². The van der Waals surface area contributed by atoms with Crippen LogP contribution in [0.3, 0.4) is 0 Å². The van der Waals surface area contributed by atoms with Gasteiger partial charge in [0.05, 0.1) is 19.6 Å². The Kier molecular flexibility index (Phi) is 5.51. The highest BCUT2D eigenvalue weighted by atomic mass is 16.5. The van der Waals surface area contributed by atoms with Gasteiger partial charge in [0.15, 0.2) is 0 Å². The lowest BCUT2D eigenvalue weighted by Gasteiger charge is -2.27. The molecule has 5 nitrogen and oxygen atoms in total. The summed E-state index contributed by atoms with van der Waals surface area (Å²) in [6.45, 7) is 5.23. The average Bonchev–Trinajstić information content (AvgIpc) is 2.57. The van der Waals surface area contributed by atoms with Crippen molar-refractivity contribution in [2.24, 2.45) is 5.73 Å². The molecular weight excluding hydrogens is 292 g/mol. The van der Waals surface area contributed by atoms with Crippen molar-refractivity contribution in [3.05, 3.63) is 28.8 Å². The molecule has 0 aromatic heterocycles. The predicted molar refractivity (Wildman–Crippen MR) is 88.7 cm³/mol. The molecule has 0 radical (unpaired) electrons. The molecule has 0 saturated carbocycles. The Morgan fingerprint density at radius 2 is 1.91 bits per heavy atom. The summed E-state index contributed by atoms with van der Waals surface area (Å²) in [4.78, 5) is 13.6. The molecule has 126 valence electrons. The van der Waals surface area contributed by atoms with Crippen LogP contribution in [0.5, 0.6) is 5.75 Å². The summed E-state index contributed by atoms with van der Waals surface area (Å²) in [6, 6.07) is 4.03. The minimum atomic E-state index is -0.265. The normalized spacial score (nSPS) is 18.4. The second kappa shape index (κ2) is 7.79. The molecule has 0 atom stereocenters. The maximum atomic E-state index is 11.3. The Morgan fingerprint density at radius 3 is 2.65 bits per heavy atom. The lowest BCUT2D eigenvalue weighted by molar-refractivity contribution is -0.117. The van der Waals surface area contributed by atoms with Gasteiger partial charge in [-0.05, 0) is 48.4 Å². The van der Waals surface area contributed by atoms with Crippen LogP contribution in [0.1, 0.15) is 29.5 Å². The fraction of sp³-hybridized carbons (Fsp3) is 0.611. The van der Waals surface area contributed by atoms with Gasteiger partial charge >= 0.3 is 0 Å². The van der Waals surface area contributed by atoms with Crippen LogP contribution in [0.2, 0.25) is 0 Å². The third kappa shape index (κ3) is 4.24. The molecule has 1 fully saturated rings. The molecular formula is C18H26N2O3. The van der Waals surface area contributed by atoms with E-state index in [1.54, 1.807) is 0 Å². The Labute approximate surface area is 137 Å². The van der Waals surface area contributed by atoms with E-state index in [1.807, 2.05) is 12.1 Å². The number of nitrogens with zero attached hydrogens (tertiary/aromatic N) is 1. The number of carbonyl (C=O) groups excluding carboxylic acids is 1. The summed E-state index contributed by atoms with van der Waals surface area (Å²) in [5.74, 6) is 0.722. The number of benzene rings is 1. The average molecular weight is 318 g/mol. The van der Waals surface area contributed by atoms with E-state index < -0.39 is 0 Å². The van der Waals surface area contributed by atoms with E-state index in [0.717, 1.165) is 57.0 Å². The Bertz CT molecular complexity index is 553. The molecule has 0 spiro atoms. The number of nitrogens with two attached hydrogens (primary N) is 1. The van der Waals surface area contributed by atoms with E-state index in [0.29, 0.717) is 13.0 Å². The number of primary amides is 1. The molecule has 0 bridgehead atoms. The van der Waals surface area contributed by atoms with Crippen molar-refractivity contribution in [3.8, 4) is 5.75 Å². The van der Waals surface area contributed by atoms with Crippen LogP contribution in [0, 0.1) is 0 Å². The summed E-state index contributed by atoms with van der Waals surface area (Å²) < 4.78 is 11.4. The molecule has 1 aromatic rings. The van der Waals surface area contributed by atoms with Gasteiger partial charge in [-0.1, -0.05) is 6.07 Å². The zero-order valence-corrected chi connectivity index (χ0v) is 13.7. The first-order valence-corrected chi connectivity index (χ1v) is 8.59. The van der Waals surface area contributed by atoms with Gasteiger partial charge < -0.3 is 15.2 Å². The molecule has 3 rings (SSSR count). The number of hydrogen-bond acceptors (Lipinski definition) is 4. The summed E-state index contributed by atoms with van der Waals surface area (Å²) >= 11 is 0. The lowest BCUT2D eigenvalue weighted by Crippen LogP contribution is -2.38. The van der Waals surface area contributed by atoms with Crippen LogP contribution in [-0.4, -0.2) is 50.3 Å². The fourth-order valence-electron chi connectivity index (χ4n) is 3.51. The molecule has 1 saturated heterocycles. The van der Waals surface area contributed by atoms with Gasteiger partial charge in [-0.25, -0.2) is 0 Å². The van der Waals surface area contributed by atoms with Gasteiger partial charge in [0, 0.05) is 19.6 Å². The van der Waals surface area contributed by atoms with E-state index in [4.69, 9.17) is 15.2 Å². The largest absolute Gasteiger partial charge is 0.492 e. The number of fused-ring (bicyclic) bond motifs is 1. The number of rotatable bonds is 6. The van der Waals surface area contributed by atoms with Crippen molar-refractivity contribution in [2.75, 3.05) is 39.5 Å². The van der Waals surface area contributed by atoms with Crippen LogP contribution in [0.25, 0.3) is 0 Å². The quantitative estimate of drug-likeness (QED) is 0.859. The molecule has 1 amide bonds. The SMILES string of the molecule is NC(=O)Cc1ccc(OCCN2CCOCC2)c2c1CCCC2. The monoisotopic (exact) mass is 318 g/mol. The highest BCUT2D eigenvalue weighted by molar-refractivity contribution is 5.77. The second-order valence-corrected chi connectivity index (χ2v) is 6.33.